The zero-order chi connectivity index (χ0) is 9.10. The number of rotatable bonds is 4. The second-order valence-electron chi connectivity index (χ2n) is 4.07. The first-order valence-electron chi connectivity index (χ1n) is 5.37. The number of hydrogen-bond donors (Lipinski definition) is 1. The summed E-state index contributed by atoms with van der Waals surface area (Å²) in [7, 11) is 0. The van der Waals surface area contributed by atoms with Crippen molar-refractivity contribution in [1.82, 2.24) is 10.2 Å². The highest BCUT2D eigenvalue weighted by molar-refractivity contribution is 5.76. The topological polar surface area (TPSA) is 32.3 Å². The van der Waals surface area contributed by atoms with Crippen molar-refractivity contribution in [2.75, 3.05) is 19.6 Å². The molecule has 0 bridgehead atoms. The van der Waals surface area contributed by atoms with Crippen LogP contribution < -0.4 is 5.32 Å². The van der Waals surface area contributed by atoms with Crippen molar-refractivity contribution in [3.8, 4) is 0 Å². The van der Waals surface area contributed by atoms with Crippen LogP contribution in [0.2, 0.25) is 0 Å². The van der Waals surface area contributed by atoms with Gasteiger partial charge in [-0.25, -0.2) is 0 Å². The van der Waals surface area contributed by atoms with E-state index in [4.69, 9.17) is 0 Å². The Morgan fingerprint density at radius 1 is 1.38 bits per heavy atom. The van der Waals surface area contributed by atoms with E-state index in [9.17, 15) is 4.79 Å². The molecule has 0 spiro atoms. The minimum Gasteiger partial charge on any atom is -0.341 e. The lowest BCUT2D eigenvalue weighted by Gasteiger charge is -2.26. The molecule has 74 valence electrons. The molecule has 1 N–H and O–H groups in total. The number of hydrogen-bond acceptors (Lipinski definition) is 2. The number of likely N-dealkylation sites (tertiary alicyclic amines) is 1. The molecule has 0 radical (unpaired) electrons. The third kappa shape index (κ3) is 2.69. The second-order valence-corrected chi connectivity index (χ2v) is 4.07. The Hall–Kier alpha value is -0.570. The molecular weight excluding hydrogens is 164 g/mol. The molecule has 1 heterocycles. The first-order valence-corrected chi connectivity index (χ1v) is 5.37. The van der Waals surface area contributed by atoms with E-state index in [0.29, 0.717) is 5.91 Å². The van der Waals surface area contributed by atoms with Gasteiger partial charge in [0.05, 0.1) is 0 Å². The highest BCUT2D eigenvalue weighted by Gasteiger charge is 2.21. The van der Waals surface area contributed by atoms with Crippen molar-refractivity contribution in [1.29, 1.82) is 0 Å². The predicted octanol–water partition coefficient (Wildman–Crippen LogP) is 0.751. The summed E-state index contributed by atoms with van der Waals surface area (Å²) in [6.45, 7) is 2.87. The molecule has 2 aliphatic rings. The van der Waals surface area contributed by atoms with Crippen molar-refractivity contribution in [3.05, 3.63) is 0 Å². The van der Waals surface area contributed by atoms with E-state index in [1.807, 2.05) is 4.90 Å². The molecule has 13 heavy (non-hydrogen) atoms. The summed E-state index contributed by atoms with van der Waals surface area (Å²) < 4.78 is 0. The summed E-state index contributed by atoms with van der Waals surface area (Å²) in [6, 6.07) is 0.764. The summed E-state index contributed by atoms with van der Waals surface area (Å²) in [6.07, 6.45) is 5.70. The van der Waals surface area contributed by atoms with Gasteiger partial charge < -0.3 is 10.2 Å². The normalized spacial score (nSPS) is 23.7. The second kappa shape index (κ2) is 4.09. The van der Waals surface area contributed by atoms with E-state index in [0.717, 1.165) is 38.5 Å². The molecule has 0 atom stereocenters. The van der Waals surface area contributed by atoms with Crippen LogP contribution in [0.15, 0.2) is 0 Å². The van der Waals surface area contributed by atoms with Gasteiger partial charge in [0.1, 0.15) is 0 Å². The first-order chi connectivity index (χ1) is 6.36. The molecule has 3 heteroatoms. The third-order valence-electron chi connectivity index (χ3n) is 2.81. The quantitative estimate of drug-likeness (QED) is 0.696. The van der Waals surface area contributed by atoms with Gasteiger partial charge in [-0.3, -0.25) is 4.79 Å². The lowest BCUT2D eigenvalue weighted by Crippen LogP contribution is -2.40. The fourth-order valence-electron chi connectivity index (χ4n) is 1.79. The molecule has 0 aromatic heterocycles. The molecular formula is C10H18N2O. The van der Waals surface area contributed by atoms with E-state index in [1.54, 1.807) is 0 Å². The van der Waals surface area contributed by atoms with Gasteiger partial charge in [0.25, 0.3) is 0 Å². The average molecular weight is 182 g/mol. The van der Waals surface area contributed by atoms with E-state index >= 15 is 0 Å². The summed E-state index contributed by atoms with van der Waals surface area (Å²) >= 11 is 0. The number of nitrogens with zero attached hydrogens (tertiary/aromatic N) is 1. The Labute approximate surface area is 79.5 Å². The minimum atomic E-state index is 0.351. The fourth-order valence-corrected chi connectivity index (χ4v) is 1.79. The van der Waals surface area contributed by atoms with Crippen molar-refractivity contribution < 1.29 is 4.79 Å². The number of nitrogens with one attached hydrogen (secondary N) is 1. The summed E-state index contributed by atoms with van der Waals surface area (Å²) in [5, 5.41) is 3.43. The van der Waals surface area contributed by atoms with Gasteiger partial charge in [0, 0.05) is 32.1 Å². The molecule has 1 saturated carbocycles. The largest absolute Gasteiger partial charge is 0.341 e. The molecule has 1 amide bonds. The van der Waals surface area contributed by atoms with Crippen molar-refractivity contribution >= 4 is 5.91 Å². The molecule has 0 unspecified atom stereocenters. The van der Waals surface area contributed by atoms with Crippen LogP contribution in [-0.4, -0.2) is 36.5 Å². The Balaban J connectivity index is 1.63. The number of carbonyl (C=O) groups excluding carboxylic acids is 1. The standard InChI is InChI=1S/C10H18N2O/c13-10-3-1-2-7-12(10)8-6-11-9-4-5-9/h9,11H,1-8H2. The number of amides is 1. The average Bonchev–Trinajstić information content (AvgIpc) is 2.92. The highest BCUT2D eigenvalue weighted by atomic mass is 16.2. The monoisotopic (exact) mass is 182 g/mol. The molecule has 1 aliphatic heterocycles. The van der Waals surface area contributed by atoms with Gasteiger partial charge in [-0.2, -0.15) is 0 Å². The van der Waals surface area contributed by atoms with Crippen LogP contribution in [0.3, 0.4) is 0 Å². The maximum Gasteiger partial charge on any atom is 0.222 e. The van der Waals surface area contributed by atoms with Crippen LogP contribution >= 0.6 is 0 Å². The zero-order valence-electron chi connectivity index (χ0n) is 8.09. The molecule has 2 rings (SSSR count). The minimum absolute atomic E-state index is 0.351. The van der Waals surface area contributed by atoms with E-state index in [1.165, 1.54) is 19.3 Å². The van der Waals surface area contributed by atoms with Crippen LogP contribution in [0.5, 0.6) is 0 Å². The van der Waals surface area contributed by atoms with Crippen molar-refractivity contribution in [2.24, 2.45) is 0 Å². The zero-order valence-corrected chi connectivity index (χ0v) is 8.09. The smallest absolute Gasteiger partial charge is 0.222 e. The van der Waals surface area contributed by atoms with Gasteiger partial charge in [-0.05, 0) is 25.7 Å². The van der Waals surface area contributed by atoms with Crippen LogP contribution in [0.4, 0.5) is 0 Å². The lowest BCUT2D eigenvalue weighted by molar-refractivity contribution is -0.133. The summed E-state index contributed by atoms with van der Waals surface area (Å²) in [5.74, 6) is 0.351. The van der Waals surface area contributed by atoms with E-state index in [2.05, 4.69) is 5.32 Å². The van der Waals surface area contributed by atoms with Gasteiger partial charge in [0.2, 0.25) is 5.91 Å². The maximum absolute atomic E-state index is 11.4. The third-order valence-corrected chi connectivity index (χ3v) is 2.81. The molecule has 2 fully saturated rings. The molecule has 1 aliphatic carbocycles. The number of carbonyl (C=O) groups is 1. The summed E-state index contributed by atoms with van der Waals surface area (Å²) in [5.41, 5.74) is 0. The SMILES string of the molecule is O=C1CCCCN1CCNC1CC1. The Morgan fingerprint density at radius 2 is 2.23 bits per heavy atom. The fraction of sp³-hybridized carbons (Fsp3) is 0.900. The molecule has 0 aromatic carbocycles. The highest BCUT2D eigenvalue weighted by Crippen LogP contribution is 2.18. The van der Waals surface area contributed by atoms with E-state index in [-0.39, 0.29) is 0 Å². The molecule has 0 aromatic rings. The van der Waals surface area contributed by atoms with Gasteiger partial charge in [0.15, 0.2) is 0 Å². The van der Waals surface area contributed by atoms with Crippen LogP contribution in [0.25, 0.3) is 0 Å². The molecule has 3 nitrogen and oxygen atoms in total. The van der Waals surface area contributed by atoms with Gasteiger partial charge in [-0.15, -0.1) is 0 Å². The Bertz CT molecular complexity index is 189. The van der Waals surface area contributed by atoms with Crippen LogP contribution in [0, 0.1) is 0 Å². The van der Waals surface area contributed by atoms with Gasteiger partial charge in [-0.1, -0.05) is 0 Å². The predicted molar refractivity (Wildman–Crippen MR) is 51.5 cm³/mol. The van der Waals surface area contributed by atoms with Crippen molar-refractivity contribution in [3.63, 3.8) is 0 Å². The lowest BCUT2D eigenvalue weighted by atomic mass is 10.1. The first kappa shape index (κ1) is 9.00. The van der Waals surface area contributed by atoms with Gasteiger partial charge >= 0.3 is 0 Å². The Morgan fingerprint density at radius 3 is 2.92 bits per heavy atom. The molecule has 1 saturated heterocycles. The Kier molecular flexibility index (Phi) is 2.83. The number of piperidine rings is 1. The maximum atomic E-state index is 11.4. The van der Waals surface area contributed by atoms with Crippen LogP contribution in [0.1, 0.15) is 32.1 Å². The van der Waals surface area contributed by atoms with Crippen molar-refractivity contribution in [2.45, 2.75) is 38.1 Å². The van der Waals surface area contributed by atoms with Crippen LogP contribution in [-0.2, 0) is 4.79 Å². The van der Waals surface area contributed by atoms with E-state index < -0.39 is 0 Å². The summed E-state index contributed by atoms with van der Waals surface area (Å²) in [4.78, 5) is 13.4.